The summed E-state index contributed by atoms with van der Waals surface area (Å²) >= 11 is -0.826. The molecule has 1 nitrogen and oxygen atoms in total. The summed E-state index contributed by atoms with van der Waals surface area (Å²) in [5.74, 6) is 0. The van der Waals surface area contributed by atoms with Crippen molar-refractivity contribution in [3.05, 3.63) is 29.0 Å². The van der Waals surface area contributed by atoms with Crippen molar-refractivity contribution < 1.29 is 20.8 Å². The molecule has 0 aromatic heterocycles. The Labute approximate surface area is 135 Å². The molecule has 0 heterocycles. The molecule has 0 aromatic carbocycles. The second-order valence-electron chi connectivity index (χ2n) is 5.02. The summed E-state index contributed by atoms with van der Waals surface area (Å²) < 4.78 is 0. The van der Waals surface area contributed by atoms with Crippen LogP contribution in [0.3, 0.4) is 0 Å². The molecule has 1 aliphatic carbocycles. The minimum atomic E-state index is -0.826. The molecular weight excluding hydrogens is 360 g/mol. The van der Waals surface area contributed by atoms with E-state index in [4.69, 9.17) is 22.8 Å². The third-order valence-corrected chi connectivity index (χ3v) is 1.36. The molecule has 1 N–H and O–H groups in total. The second-order valence-corrected chi connectivity index (χ2v) is 10.2. The van der Waals surface area contributed by atoms with Gasteiger partial charge >= 0.3 is 37.9 Å². The van der Waals surface area contributed by atoms with E-state index in [0.29, 0.717) is 9.52 Å². The molecule has 0 radical (unpaired) electrons. The van der Waals surface area contributed by atoms with E-state index in [2.05, 4.69) is 39.1 Å². The van der Waals surface area contributed by atoms with Crippen LogP contribution in [0, 0.1) is 6.08 Å². The fourth-order valence-electron chi connectivity index (χ4n) is 0.620. The van der Waals surface area contributed by atoms with Crippen molar-refractivity contribution in [1.29, 1.82) is 0 Å². The molecule has 0 aliphatic heterocycles. The van der Waals surface area contributed by atoms with E-state index in [0.717, 1.165) is 6.42 Å². The van der Waals surface area contributed by atoms with Gasteiger partial charge in [0.25, 0.3) is 0 Å². The van der Waals surface area contributed by atoms with Gasteiger partial charge in [-0.3, -0.25) is 6.08 Å². The standard InChI is InChI=1S/C7H9.C4H10N.C2H8Si.2ClH.Zr/c1-6-4-3-5-7(6)2;1-4(2,3)5;1-3-2;;;/h4H,5H2,1-2H3;5H,1-3H3;3H2,1-2H3;2*1H;/q2*-1;;;;+4/p-2. The fourth-order valence-corrected chi connectivity index (χ4v) is 0.620. The Balaban J connectivity index is -0.000000182. The summed E-state index contributed by atoms with van der Waals surface area (Å²) in [6.45, 7) is 14.4. The number of halogens is 2. The van der Waals surface area contributed by atoms with E-state index < -0.39 is 20.8 Å². The number of rotatable bonds is 0. The zero-order valence-corrected chi connectivity index (χ0v) is 18.1. The van der Waals surface area contributed by atoms with Gasteiger partial charge in [0, 0.05) is 9.52 Å². The molecule has 5 heteroatoms. The van der Waals surface area contributed by atoms with Gasteiger partial charge in [0.2, 0.25) is 0 Å². The average Bonchev–Trinajstić information content (AvgIpc) is 2.50. The minimum absolute atomic E-state index is 0.250. The summed E-state index contributed by atoms with van der Waals surface area (Å²) in [6, 6.07) is 0. The Kier molecular flexibility index (Phi) is 21.7. The molecule has 0 saturated carbocycles. The van der Waals surface area contributed by atoms with Crippen LogP contribution in [0.2, 0.25) is 13.1 Å². The first-order valence-electron chi connectivity index (χ1n) is 6.08. The summed E-state index contributed by atoms with van der Waals surface area (Å²) in [5.41, 5.74) is 9.53. The predicted molar refractivity (Wildman–Crippen MR) is 86.9 cm³/mol. The Hall–Kier alpha value is 1.12. The first kappa shape index (κ1) is 24.2. The summed E-state index contributed by atoms with van der Waals surface area (Å²) in [6.07, 6.45) is 6.22. The van der Waals surface area contributed by atoms with Crippen molar-refractivity contribution in [3.8, 4) is 0 Å². The van der Waals surface area contributed by atoms with Crippen LogP contribution in [0.1, 0.15) is 41.0 Å². The van der Waals surface area contributed by atoms with Gasteiger partial charge in [0.05, 0.1) is 0 Å². The Bertz CT molecular complexity index is 228. The maximum absolute atomic E-state index is 6.94. The Morgan fingerprint density at radius 1 is 1.28 bits per heavy atom. The number of nitrogens with one attached hydrogen (secondary N) is 1. The molecule has 0 fully saturated rings. The van der Waals surface area contributed by atoms with E-state index in [-0.39, 0.29) is 5.54 Å². The zero-order chi connectivity index (χ0) is 15.2. The third-order valence-electron chi connectivity index (χ3n) is 1.36. The summed E-state index contributed by atoms with van der Waals surface area (Å²) in [4.78, 5) is 0. The number of hydrogen-bond acceptors (Lipinski definition) is 0. The van der Waals surface area contributed by atoms with Gasteiger partial charge < -0.3 is 5.73 Å². The molecule has 0 bridgehead atoms. The molecule has 106 valence electrons. The van der Waals surface area contributed by atoms with Crippen molar-refractivity contribution in [2.24, 2.45) is 0 Å². The van der Waals surface area contributed by atoms with Gasteiger partial charge in [0.1, 0.15) is 0 Å². The third kappa shape index (κ3) is 36.0. The van der Waals surface area contributed by atoms with Crippen LogP contribution in [-0.2, 0) is 20.8 Å². The topological polar surface area (TPSA) is 23.8 Å². The number of allylic oxidation sites excluding steroid dienone is 4. The SMILES string of the molecule is CC(C)(C)[NH-].CC1=C(C)C[C-]=C1.C[SiH2]C.[Cl][Zr+2][Cl]. The van der Waals surface area contributed by atoms with Gasteiger partial charge in [-0.1, -0.05) is 40.8 Å². The normalized spacial score (nSPS) is 12.3. The van der Waals surface area contributed by atoms with Crippen molar-refractivity contribution in [3.63, 3.8) is 0 Å². The monoisotopic (exact) mass is 385 g/mol. The molecule has 18 heavy (non-hydrogen) atoms. The Morgan fingerprint density at radius 2 is 1.56 bits per heavy atom. The van der Waals surface area contributed by atoms with E-state index in [1.165, 1.54) is 11.1 Å². The quantitative estimate of drug-likeness (QED) is 0.384. The van der Waals surface area contributed by atoms with E-state index in [1.807, 2.05) is 20.8 Å². The summed E-state index contributed by atoms with van der Waals surface area (Å²) in [5, 5.41) is 0. The average molecular weight is 388 g/mol. The molecule has 0 amide bonds. The summed E-state index contributed by atoms with van der Waals surface area (Å²) in [7, 11) is 10.3. The molecule has 0 aromatic rings. The van der Waals surface area contributed by atoms with Crippen LogP contribution in [0.4, 0.5) is 0 Å². The van der Waals surface area contributed by atoms with Crippen LogP contribution >= 0.6 is 17.0 Å². The van der Waals surface area contributed by atoms with Crippen LogP contribution in [0.15, 0.2) is 17.2 Å². The van der Waals surface area contributed by atoms with E-state index >= 15 is 0 Å². The second kappa shape index (κ2) is 16.2. The van der Waals surface area contributed by atoms with Crippen molar-refractivity contribution in [1.82, 2.24) is 0 Å². The predicted octanol–water partition coefficient (Wildman–Crippen LogP) is 5.55. The van der Waals surface area contributed by atoms with E-state index in [9.17, 15) is 0 Å². The zero-order valence-electron chi connectivity index (χ0n) is 12.7. The van der Waals surface area contributed by atoms with Crippen molar-refractivity contribution in [2.75, 3.05) is 0 Å². The molecule has 1 rings (SSSR count). The van der Waals surface area contributed by atoms with Gasteiger partial charge in [-0.05, 0) is 0 Å². The van der Waals surface area contributed by atoms with Crippen LogP contribution in [0.5, 0.6) is 0 Å². The number of hydrogen-bond donors (Lipinski definition) is 0. The molecule has 0 unspecified atom stereocenters. The van der Waals surface area contributed by atoms with Crippen LogP contribution in [0.25, 0.3) is 5.73 Å². The van der Waals surface area contributed by atoms with Crippen molar-refractivity contribution in [2.45, 2.75) is 59.7 Å². The first-order chi connectivity index (χ1) is 8.13. The van der Waals surface area contributed by atoms with Crippen LogP contribution < -0.4 is 0 Å². The first-order valence-corrected chi connectivity index (χ1v) is 15.2. The molecular formula is C13H27Cl2NSiZr. The van der Waals surface area contributed by atoms with Gasteiger partial charge in [-0.2, -0.15) is 5.57 Å². The van der Waals surface area contributed by atoms with Gasteiger partial charge in [-0.15, -0.1) is 18.9 Å². The maximum atomic E-state index is 6.94. The fraction of sp³-hybridized carbons (Fsp3) is 0.692. The van der Waals surface area contributed by atoms with Gasteiger partial charge in [-0.25, -0.2) is 11.6 Å². The molecule has 0 spiro atoms. The van der Waals surface area contributed by atoms with Crippen molar-refractivity contribution >= 4 is 26.5 Å². The molecule has 0 saturated heterocycles. The molecule has 1 aliphatic rings. The van der Waals surface area contributed by atoms with Gasteiger partial charge in [0.15, 0.2) is 0 Å². The Morgan fingerprint density at radius 3 is 1.61 bits per heavy atom. The molecule has 0 atom stereocenters. The van der Waals surface area contributed by atoms with E-state index in [1.54, 1.807) is 0 Å². The van der Waals surface area contributed by atoms with Crippen LogP contribution in [-0.4, -0.2) is 15.1 Å².